The molecule has 3 aromatic rings. The molecule has 2 aliphatic carbocycles. The molecule has 5 rings (SSSR count). The summed E-state index contributed by atoms with van der Waals surface area (Å²) >= 11 is 0. The van der Waals surface area contributed by atoms with Crippen molar-refractivity contribution in [2.75, 3.05) is 0 Å². The van der Waals surface area contributed by atoms with Crippen LogP contribution in [0, 0.1) is 31.7 Å². The van der Waals surface area contributed by atoms with Crippen LogP contribution in [0.4, 0.5) is 0 Å². The molecule has 0 saturated heterocycles. The van der Waals surface area contributed by atoms with Gasteiger partial charge in [-0.05, 0) is 65.6 Å². The van der Waals surface area contributed by atoms with Crippen LogP contribution in [0.2, 0.25) is 0 Å². The van der Waals surface area contributed by atoms with Crippen LogP contribution < -0.4 is 0 Å². The van der Waals surface area contributed by atoms with Crippen molar-refractivity contribution in [3.63, 3.8) is 0 Å². The number of hydrogen-bond acceptors (Lipinski definition) is 3. The van der Waals surface area contributed by atoms with Crippen LogP contribution in [-0.4, -0.2) is 27.4 Å². The van der Waals surface area contributed by atoms with Gasteiger partial charge >= 0.3 is 0 Å². The summed E-state index contributed by atoms with van der Waals surface area (Å²) in [6.07, 6.45) is 5.56. The molecular weight excluding hydrogens is 575 g/mol. The van der Waals surface area contributed by atoms with Crippen molar-refractivity contribution in [3.8, 4) is 11.3 Å². The second-order valence-electron chi connectivity index (χ2n) is 9.68. The number of aromatic nitrogens is 1. The van der Waals surface area contributed by atoms with Crippen molar-refractivity contribution in [3.05, 3.63) is 65.4 Å². The van der Waals surface area contributed by atoms with E-state index in [1.807, 2.05) is 6.20 Å². The predicted octanol–water partition coefficient (Wildman–Crippen LogP) is 5.97. The first-order chi connectivity index (χ1) is 14.8. The van der Waals surface area contributed by atoms with Gasteiger partial charge in [0, 0.05) is 32.2 Å². The fourth-order valence-corrected chi connectivity index (χ4v) is 5.36. The van der Waals surface area contributed by atoms with E-state index >= 15 is 0 Å². The van der Waals surface area contributed by atoms with Gasteiger partial charge in [0.25, 0.3) is 0 Å². The number of nitrogens with zero attached hydrogens (tertiary/aromatic N) is 1. The van der Waals surface area contributed by atoms with Gasteiger partial charge in [-0.2, -0.15) is 0 Å². The Morgan fingerprint density at radius 1 is 0.938 bits per heavy atom. The van der Waals surface area contributed by atoms with Crippen LogP contribution in [0.5, 0.6) is 0 Å². The maximum absolute atomic E-state index is 9.41. The minimum atomic E-state index is -0.206. The van der Waals surface area contributed by atoms with E-state index in [4.69, 9.17) is 0 Å². The largest absolute Gasteiger partial charge is 0.393 e. The van der Waals surface area contributed by atoms with Crippen molar-refractivity contribution in [1.29, 1.82) is 0 Å². The van der Waals surface area contributed by atoms with E-state index in [2.05, 4.69) is 75.1 Å². The molecular formula is C28H34IrNO2-. The van der Waals surface area contributed by atoms with Crippen molar-refractivity contribution in [2.24, 2.45) is 11.8 Å². The quantitative estimate of drug-likeness (QED) is 0.353. The van der Waals surface area contributed by atoms with Crippen LogP contribution in [-0.2, 0) is 20.1 Å². The molecule has 2 aromatic carbocycles. The number of aliphatic hydroxyl groups excluding tert-OH is 2. The molecule has 4 heteroatoms. The number of rotatable bonds is 2. The zero-order valence-corrected chi connectivity index (χ0v) is 21.8. The Bertz CT molecular complexity index is 1030. The Balaban J connectivity index is 0.000000220. The number of fused-ring (bicyclic) bond motifs is 2. The maximum atomic E-state index is 9.41. The van der Waals surface area contributed by atoms with Crippen LogP contribution in [0.3, 0.4) is 0 Å². The Morgan fingerprint density at radius 3 is 2.22 bits per heavy atom. The van der Waals surface area contributed by atoms with Gasteiger partial charge < -0.3 is 15.2 Å². The topological polar surface area (TPSA) is 53.4 Å². The summed E-state index contributed by atoms with van der Waals surface area (Å²) in [7, 11) is 0. The second kappa shape index (κ2) is 10.6. The fourth-order valence-electron chi connectivity index (χ4n) is 5.36. The molecule has 2 unspecified atom stereocenters. The number of aryl methyl sites for hydroxylation is 2. The maximum Gasteiger partial charge on any atom is 0.0595 e. The van der Waals surface area contributed by atoms with E-state index in [0.29, 0.717) is 11.8 Å². The van der Waals surface area contributed by atoms with Crippen molar-refractivity contribution >= 4 is 10.8 Å². The van der Waals surface area contributed by atoms with Gasteiger partial charge in [-0.1, -0.05) is 45.9 Å². The molecule has 2 atom stereocenters. The molecule has 0 bridgehead atoms. The molecule has 32 heavy (non-hydrogen) atoms. The van der Waals surface area contributed by atoms with E-state index in [1.54, 1.807) is 0 Å². The Hall–Kier alpha value is -1.58. The predicted molar refractivity (Wildman–Crippen MR) is 127 cm³/mol. The van der Waals surface area contributed by atoms with Crippen molar-refractivity contribution < 1.29 is 30.3 Å². The monoisotopic (exact) mass is 609 g/mol. The van der Waals surface area contributed by atoms with Crippen LogP contribution in [0.1, 0.15) is 62.1 Å². The molecule has 2 N–H and O–H groups in total. The van der Waals surface area contributed by atoms with Gasteiger partial charge in [0.1, 0.15) is 0 Å². The normalized spacial score (nSPS) is 24.1. The van der Waals surface area contributed by atoms with Crippen molar-refractivity contribution in [2.45, 2.75) is 71.5 Å². The summed E-state index contributed by atoms with van der Waals surface area (Å²) in [5, 5.41) is 21.3. The number of hydrogen-bond donors (Lipinski definition) is 2. The molecule has 173 valence electrons. The molecule has 0 spiro atoms. The van der Waals surface area contributed by atoms with E-state index in [9.17, 15) is 10.2 Å². The van der Waals surface area contributed by atoms with Crippen LogP contribution in [0.15, 0.2) is 42.6 Å². The minimum absolute atomic E-state index is 0. The molecule has 1 heterocycles. The number of aliphatic hydroxyl groups is 2. The summed E-state index contributed by atoms with van der Waals surface area (Å²) < 4.78 is 0. The van der Waals surface area contributed by atoms with Gasteiger partial charge in [-0.25, -0.2) is 0 Å². The summed E-state index contributed by atoms with van der Waals surface area (Å²) in [5.41, 5.74) is 5.87. The molecule has 0 aliphatic heterocycles. The van der Waals surface area contributed by atoms with E-state index < -0.39 is 0 Å². The van der Waals surface area contributed by atoms with Gasteiger partial charge in [0.15, 0.2) is 0 Å². The van der Waals surface area contributed by atoms with E-state index in [-0.39, 0.29) is 38.2 Å². The SMILES string of the molecule is Cc1[c-]c(-c2nccc3cc(C(C)C)ccc23)cc(C)c1.OC1CCC2CCC(O)C12.[Ir]. The fraction of sp³-hybridized carbons (Fsp3) is 0.464. The average molecular weight is 609 g/mol. The van der Waals surface area contributed by atoms with Crippen LogP contribution >= 0.6 is 0 Å². The van der Waals surface area contributed by atoms with Crippen molar-refractivity contribution in [1.82, 2.24) is 4.98 Å². The zero-order chi connectivity index (χ0) is 22.1. The average Bonchev–Trinajstić information content (AvgIpc) is 3.29. The molecule has 2 aliphatic rings. The Labute approximate surface area is 205 Å². The first kappa shape index (κ1) is 25.0. The number of benzene rings is 2. The van der Waals surface area contributed by atoms with Crippen LogP contribution in [0.25, 0.3) is 22.0 Å². The van der Waals surface area contributed by atoms with E-state index in [1.165, 1.54) is 21.9 Å². The Morgan fingerprint density at radius 2 is 1.62 bits per heavy atom. The van der Waals surface area contributed by atoms with E-state index in [0.717, 1.165) is 42.5 Å². The molecule has 2 fully saturated rings. The summed E-state index contributed by atoms with van der Waals surface area (Å²) in [5.74, 6) is 1.39. The standard InChI is InChI=1S/C20H20N.C8H14O2.Ir/c1-13(2)16-5-6-19-17(12-16)7-8-21-20(19)18-10-14(3)9-15(4)11-18;9-6-3-1-5-2-4-7(10)8(5)6;/h5-10,12-13H,1-4H3;5-10H,1-4H2;/q-1;;. The first-order valence-corrected chi connectivity index (χ1v) is 11.6. The zero-order valence-electron chi connectivity index (χ0n) is 19.4. The number of pyridine rings is 1. The Kier molecular flexibility index (Phi) is 8.27. The smallest absolute Gasteiger partial charge is 0.0595 e. The third kappa shape index (κ3) is 5.31. The summed E-state index contributed by atoms with van der Waals surface area (Å²) in [6.45, 7) is 8.65. The second-order valence-corrected chi connectivity index (χ2v) is 9.68. The first-order valence-electron chi connectivity index (χ1n) is 11.6. The third-order valence-corrected chi connectivity index (χ3v) is 6.96. The molecule has 3 nitrogen and oxygen atoms in total. The van der Waals surface area contributed by atoms with Gasteiger partial charge in [0.05, 0.1) is 12.2 Å². The molecule has 1 radical (unpaired) electrons. The molecule has 2 saturated carbocycles. The van der Waals surface area contributed by atoms with Gasteiger partial charge in [-0.15, -0.1) is 34.9 Å². The molecule has 1 aromatic heterocycles. The molecule has 0 amide bonds. The van der Waals surface area contributed by atoms with Gasteiger partial charge in [0.2, 0.25) is 0 Å². The summed E-state index contributed by atoms with van der Waals surface area (Å²) in [4.78, 5) is 4.60. The summed E-state index contributed by atoms with van der Waals surface area (Å²) in [6, 6.07) is 16.5. The minimum Gasteiger partial charge on any atom is -0.393 e. The van der Waals surface area contributed by atoms with Gasteiger partial charge in [-0.3, -0.25) is 0 Å². The third-order valence-electron chi connectivity index (χ3n) is 6.96.